The molecule has 0 nitrogen and oxygen atoms in total. The van der Waals surface area contributed by atoms with Crippen molar-refractivity contribution in [2.24, 2.45) is 0 Å². The Morgan fingerprint density at radius 2 is 0.844 bits per heavy atom. The smallest absolute Gasteiger partial charge is 1.00 e. The third kappa shape index (κ3) is 14.8. The maximum absolute atomic E-state index is 2.20. The normalized spacial score (nSPS) is 8.81. The summed E-state index contributed by atoms with van der Waals surface area (Å²) in [4.78, 5) is 0. The molecule has 0 saturated carbocycles. The van der Waals surface area contributed by atoms with Crippen LogP contribution in [0.4, 0.5) is 0 Å². The molecule has 0 aliphatic heterocycles. The number of halogens is 2. The van der Waals surface area contributed by atoms with Gasteiger partial charge in [0.15, 0.2) is 0 Å². The average molecular weight is 647 g/mol. The van der Waals surface area contributed by atoms with Gasteiger partial charge in [-0.3, -0.25) is 0 Å². The molecular weight excluding hydrogens is 614 g/mol. The van der Waals surface area contributed by atoms with Gasteiger partial charge in [-0.05, 0) is 0 Å². The van der Waals surface area contributed by atoms with Crippen LogP contribution >= 0.6 is 0 Å². The van der Waals surface area contributed by atoms with E-state index in [-0.39, 0.29) is 60.2 Å². The Morgan fingerprint density at radius 1 is 0.531 bits per heavy atom. The van der Waals surface area contributed by atoms with Crippen molar-refractivity contribution in [1.29, 1.82) is 0 Å². The van der Waals surface area contributed by atoms with Gasteiger partial charge in [0.1, 0.15) is 9.52 Å². The molecule has 0 bridgehead atoms. The van der Waals surface area contributed by atoms with Gasteiger partial charge in [0.2, 0.25) is 0 Å². The average Bonchev–Trinajstić information content (AvgIpc) is 3.46. The first-order chi connectivity index (χ1) is 14.3. The SMILES string of the molecule is CCC[c-]1cccc1.CCC[c-]1cccc1.[Cl-].[Cl-].[Hf+4].c1ccc([SiH]c2ccccc2)cc1. The summed E-state index contributed by atoms with van der Waals surface area (Å²) in [5, 5.41) is 2.90. The molecule has 0 aliphatic carbocycles. The fourth-order valence-corrected chi connectivity index (χ4v) is 4.24. The van der Waals surface area contributed by atoms with E-state index in [1.165, 1.54) is 47.2 Å². The summed E-state index contributed by atoms with van der Waals surface area (Å²) in [6, 6.07) is 38.4. The summed E-state index contributed by atoms with van der Waals surface area (Å²) >= 11 is 0. The fourth-order valence-electron chi connectivity index (χ4n) is 3.03. The van der Waals surface area contributed by atoms with E-state index < -0.39 is 0 Å². The number of hydrogen-bond acceptors (Lipinski definition) is 0. The predicted molar refractivity (Wildman–Crippen MR) is 131 cm³/mol. The molecule has 0 heterocycles. The minimum atomic E-state index is 0. The van der Waals surface area contributed by atoms with Crippen molar-refractivity contribution in [3.05, 3.63) is 120 Å². The predicted octanol–water partition coefficient (Wildman–Crippen LogP) is -0.205. The zero-order chi connectivity index (χ0) is 20.6. The first-order valence-corrected chi connectivity index (χ1v) is 11.8. The minimum absolute atomic E-state index is 0. The van der Waals surface area contributed by atoms with Gasteiger partial charge in [-0.2, -0.15) is 35.4 Å². The summed E-state index contributed by atoms with van der Waals surface area (Å²) in [7, 11) is 0.271. The number of hydrogen-bond donors (Lipinski definition) is 0. The van der Waals surface area contributed by atoms with Gasteiger partial charge >= 0.3 is 25.8 Å². The van der Waals surface area contributed by atoms with Crippen molar-refractivity contribution in [3.63, 3.8) is 0 Å². The molecule has 0 aromatic heterocycles. The van der Waals surface area contributed by atoms with Gasteiger partial charge in [0, 0.05) is 0 Å². The Labute approximate surface area is 229 Å². The standard InChI is InChI=1S/C12H11Si.2C8H11.2ClH.Hf/c1-3-7-11(8-4-1)13-12-9-5-2-6-10-12;2*1-2-5-8-6-3-4-7-8;;;/h1-10,13H;2*3-4,6-7H,2,5H2,1H3;2*1H;/q;2*-1;;;+4/p-2. The van der Waals surface area contributed by atoms with Crippen molar-refractivity contribution in [1.82, 2.24) is 0 Å². The van der Waals surface area contributed by atoms with Gasteiger partial charge in [-0.25, -0.2) is 24.3 Å². The maximum atomic E-state index is 2.20. The molecule has 4 aromatic rings. The molecule has 1 radical (unpaired) electrons. The summed E-state index contributed by atoms with van der Waals surface area (Å²) in [5.74, 6) is 0. The van der Waals surface area contributed by atoms with Crippen molar-refractivity contribution < 1.29 is 50.7 Å². The molecular formula is C28H33Cl2HfSi. The summed E-state index contributed by atoms with van der Waals surface area (Å²) in [5.41, 5.74) is 2.93. The van der Waals surface area contributed by atoms with Crippen LogP contribution in [0, 0.1) is 0 Å². The second-order valence-electron chi connectivity index (χ2n) is 7.05. The largest absolute Gasteiger partial charge is 4.00 e. The van der Waals surface area contributed by atoms with Gasteiger partial charge in [-0.15, -0.1) is 0 Å². The Balaban J connectivity index is 0. The third-order valence-corrected chi connectivity index (χ3v) is 5.91. The van der Waals surface area contributed by atoms with E-state index in [1.54, 1.807) is 0 Å². The van der Waals surface area contributed by atoms with Gasteiger partial charge in [-0.1, -0.05) is 111 Å². The van der Waals surface area contributed by atoms with E-state index in [1.807, 2.05) is 0 Å². The second-order valence-corrected chi connectivity index (χ2v) is 8.67. The molecule has 0 aliphatic rings. The van der Waals surface area contributed by atoms with Gasteiger partial charge < -0.3 is 24.8 Å². The maximum Gasteiger partial charge on any atom is 4.00 e. The van der Waals surface area contributed by atoms with E-state index in [2.05, 4.69) is 123 Å². The Kier molecular flexibility index (Phi) is 22.3. The molecule has 0 N–H and O–H groups in total. The van der Waals surface area contributed by atoms with E-state index in [9.17, 15) is 0 Å². The fraction of sp³-hybridized carbons (Fsp3) is 0.214. The molecule has 4 aromatic carbocycles. The molecule has 0 spiro atoms. The topological polar surface area (TPSA) is 0 Å². The first-order valence-electron chi connectivity index (χ1n) is 10.7. The molecule has 0 saturated heterocycles. The molecule has 4 heteroatoms. The van der Waals surface area contributed by atoms with E-state index in [0.29, 0.717) is 0 Å². The quantitative estimate of drug-likeness (QED) is 0.201. The molecule has 4 rings (SSSR count). The van der Waals surface area contributed by atoms with Crippen LogP contribution in [0.25, 0.3) is 0 Å². The summed E-state index contributed by atoms with van der Waals surface area (Å²) < 4.78 is 0. The molecule has 0 atom stereocenters. The van der Waals surface area contributed by atoms with Crippen molar-refractivity contribution in [2.75, 3.05) is 0 Å². The van der Waals surface area contributed by atoms with Crippen LogP contribution in [0.2, 0.25) is 0 Å². The number of rotatable bonds is 6. The van der Waals surface area contributed by atoms with Crippen LogP contribution in [-0.4, -0.2) is 9.52 Å². The van der Waals surface area contributed by atoms with Crippen molar-refractivity contribution >= 4 is 19.9 Å². The molecule has 167 valence electrons. The zero-order valence-electron chi connectivity index (χ0n) is 19.1. The molecule has 0 fully saturated rings. The van der Waals surface area contributed by atoms with E-state index in [0.717, 1.165) is 0 Å². The second kappa shape index (κ2) is 21.6. The van der Waals surface area contributed by atoms with Gasteiger partial charge in [0.25, 0.3) is 0 Å². The van der Waals surface area contributed by atoms with Gasteiger partial charge in [0.05, 0.1) is 0 Å². The first kappa shape index (κ1) is 33.0. The van der Waals surface area contributed by atoms with Crippen LogP contribution in [0.15, 0.2) is 109 Å². The van der Waals surface area contributed by atoms with Crippen LogP contribution in [0.5, 0.6) is 0 Å². The van der Waals surface area contributed by atoms with Crippen molar-refractivity contribution in [3.8, 4) is 0 Å². The van der Waals surface area contributed by atoms with Crippen LogP contribution < -0.4 is 35.2 Å². The van der Waals surface area contributed by atoms with Crippen LogP contribution in [-0.2, 0) is 38.7 Å². The van der Waals surface area contributed by atoms with E-state index in [4.69, 9.17) is 0 Å². The summed E-state index contributed by atoms with van der Waals surface area (Å²) in [6.45, 7) is 4.40. The molecule has 0 unspecified atom stereocenters. The monoisotopic (exact) mass is 647 g/mol. The summed E-state index contributed by atoms with van der Waals surface area (Å²) in [6.07, 6.45) is 4.97. The molecule has 0 amide bonds. The third-order valence-electron chi connectivity index (χ3n) is 4.47. The Hall–Kier alpha value is -1.19. The van der Waals surface area contributed by atoms with Crippen molar-refractivity contribution in [2.45, 2.75) is 39.5 Å². The Morgan fingerprint density at radius 3 is 1.12 bits per heavy atom. The zero-order valence-corrected chi connectivity index (χ0v) is 25.3. The Bertz CT molecular complexity index is 771. The number of benzene rings is 2. The number of aryl methyl sites for hydroxylation is 2. The molecule has 32 heavy (non-hydrogen) atoms. The van der Waals surface area contributed by atoms with Crippen LogP contribution in [0.3, 0.4) is 0 Å². The minimum Gasteiger partial charge on any atom is -1.00 e. The van der Waals surface area contributed by atoms with Crippen LogP contribution in [0.1, 0.15) is 37.8 Å². The van der Waals surface area contributed by atoms with E-state index >= 15 is 0 Å².